The van der Waals surface area contributed by atoms with Gasteiger partial charge < -0.3 is 10.5 Å². The molecule has 22 heavy (non-hydrogen) atoms. The average molecular weight is 318 g/mol. The van der Waals surface area contributed by atoms with Crippen LogP contribution < -0.4 is 5.73 Å². The van der Waals surface area contributed by atoms with E-state index in [0.717, 1.165) is 22.2 Å². The third kappa shape index (κ3) is 2.89. The molecule has 2 N–H and O–H groups in total. The number of hydrogen-bond donors (Lipinski definition) is 1. The molecule has 1 heterocycles. The van der Waals surface area contributed by atoms with E-state index >= 15 is 0 Å². The summed E-state index contributed by atoms with van der Waals surface area (Å²) in [6, 6.07) is 15.3. The fraction of sp³-hybridized carbons (Fsp3) is 0.125. The van der Waals surface area contributed by atoms with Gasteiger partial charge in [0.25, 0.3) is 0 Å². The Bertz CT molecular complexity index is 800. The monoisotopic (exact) mass is 317 g/mol. The fourth-order valence-corrected chi connectivity index (χ4v) is 2.27. The molecule has 6 heteroatoms. The number of methoxy groups -OCH3 is 1. The lowest BCUT2D eigenvalue weighted by Crippen LogP contribution is -2.04. The van der Waals surface area contributed by atoms with Crippen molar-refractivity contribution in [2.45, 2.75) is 6.42 Å². The van der Waals surface area contributed by atoms with E-state index in [-0.39, 0.29) is 24.8 Å². The first-order chi connectivity index (χ1) is 10.2. The molecular formula is C16H16ClN3O2. The Kier molecular flexibility index (Phi) is 4.68. The van der Waals surface area contributed by atoms with Crippen molar-refractivity contribution in [3.63, 3.8) is 0 Å². The van der Waals surface area contributed by atoms with Gasteiger partial charge in [0.1, 0.15) is 5.82 Å². The minimum absolute atomic E-state index is 0. The van der Waals surface area contributed by atoms with E-state index < -0.39 is 0 Å². The smallest absolute Gasteiger partial charge is 0.309 e. The fourth-order valence-electron chi connectivity index (χ4n) is 2.27. The lowest BCUT2D eigenvalue weighted by atomic mass is 10.1. The minimum atomic E-state index is -0.273. The Morgan fingerprint density at radius 1 is 1.23 bits per heavy atom. The highest BCUT2D eigenvalue weighted by Crippen LogP contribution is 2.24. The summed E-state index contributed by atoms with van der Waals surface area (Å²) in [7, 11) is 1.38. The molecule has 3 rings (SSSR count). The quantitative estimate of drug-likeness (QED) is 0.754. The van der Waals surface area contributed by atoms with Crippen LogP contribution in [0.15, 0.2) is 48.5 Å². The molecule has 0 spiro atoms. The van der Waals surface area contributed by atoms with Crippen LogP contribution in [0.5, 0.6) is 0 Å². The topological polar surface area (TPSA) is 70.1 Å². The molecule has 0 fully saturated rings. The van der Waals surface area contributed by atoms with E-state index in [1.165, 1.54) is 7.11 Å². The molecule has 0 unspecified atom stereocenters. The number of ether oxygens (including phenoxy) is 1. The van der Waals surface area contributed by atoms with Crippen LogP contribution in [0.1, 0.15) is 5.56 Å². The van der Waals surface area contributed by atoms with E-state index in [4.69, 9.17) is 5.73 Å². The zero-order valence-electron chi connectivity index (χ0n) is 12.0. The van der Waals surface area contributed by atoms with Crippen LogP contribution in [0.4, 0.5) is 5.82 Å². The van der Waals surface area contributed by atoms with Gasteiger partial charge in [-0.3, -0.25) is 4.79 Å². The van der Waals surface area contributed by atoms with Crippen LogP contribution in [-0.2, 0) is 16.0 Å². The number of carbonyl (C=O) groups excluding carboxylic acids is 1. The van der Waals surface area contributed by atoms with E-state index in [0.29, 0.717) is 5.82 Å². The standard InChI is InChI=1S/C16H15N3O2.ClH/c1-21-15(20)10-11-7-8-13-14(9-11)18-19(16(13)17)12-5-3-2-4-6-12;/h2-9H,10,17H2,1H3;1H. The van der Waals surface area contributed by atoms with Gasteiger partial charge >= 0.3 is 5.97 Å². The second kappa shape index (κ2) is 6.49. The highest BCUT2D eigenvalue weighted by atomic mass is 35.5. The van der Waals surface area contributed by atoms with Gasteiger partial charge in [-0.05, 0) is 29.8 Å². The molecule has 3 aromatic rings. The second-order valence-electron chi connectivity index (χ2n) is 4.74. The Hall–Kier alpha value is -2.53. The zero-order valence-corrected chi connectivity index (χ0v) is 12.8. The highest BCUT2D eigenvalue weighted by molar-refractivity contribution is 5.90. The number of hydrogen-bond acceptors (Lipinski definition) is 4. The molecule has 0 aliphatic carbocycles. The van der Waals surface area contributed by atoms with Gasteiger partial charge in [-0.1, -0.05) is 24.3 Å². The van der Waals surface area contributed by atoms with Crippen molar-refractivity contribution in [2.24, 2.45) is 0 Å². The summed E-state index contributed by atoms with van der Waals surface area (Å²) in [5, 5.41) is 5.38. The van der Waals surface area contributed by atoms with Gasteiger partial charge in [-0.2, -0.15) is 5.10 Å². The number of halogens is 1. The molecular weight excluding hydrogens is 302 g/mol. The van der Waals surface area contributed by atoms with Crippen LogP contribution in [0.3, 0.4) is 0 Å². The van der Waals surface area contributed by atoms with E-state index in [2.05, 4.69) is 9.84 Å². The number of nitrogens with two attached hydrogens (primary N) is 1. The minimum Gasteiger partial charge on any atom is -0.469 e. The lowest BCUT2D eigenvalue weighted by Gasteiger charge is -2.02. The summed E-state index contributed by atoms with van der Waals surface area (Å²) in [5.74, 6) is 0.311. The maximum absolute atomic E-state index is 11.3. The first kappa shape index (κ1) is 15.9. The summed E-state index contributed by atoms with van der Waals surface area (Å²) >= 11 is 0. The maximum atomic E-state index is 11.3. The first-order valence-electron chi connectivity index (χ1n) is 6.58. The summed E-state index contributed by atoms with van der Waals surface area (Å²) < 4.78 is 6.38. The van der Waals surface area contributed by atoms with Gasteiger partial charge in [0.15, 0.2) is 0 Å². The van der Waals surface area contributed by atoms with Crippen molar-refractivity contribution in [3.8, 4) is 5.69 Å². The lowest BCUT2D eigenvalue weighted by molar-refractivity contribution is -0.139. The number of anilines is 1. The average Bonchev–Trinajstić information content (AvgIpc) is 2.84. The molecule has 114 valence electrons. The number of nitrogens with zero attached hydrogens (tertiary/aromatic N) is 2. The SMILES string of the molecule is COC(=O)Cc1ccc2c(N)n(-c3ccccc3)nc2c1.Cl. The number of para-hydroxylation sites is 1. The van der Waals surface area contributed by atoms with Crippen molar-refractivity contribution in [1.82, 2.24) is 9.78 Å². The Morgan fingerprint density at radius 2 is 1.95 bits per heavy atom. The molecule has 0 atom stereocenters. The second-order valence-corrected chi connectivity index (χ2v) is 4.74. The van der Waals surface area contributed by atoms with Crippen molar-refractivity contribution < 1.29 is 9.53 Å². The van der Waals surface area contributed by atoms with Crippen LogP contribution >= 0.6 is 12.4 Å². The van der Waals surface area contributed by atoms with Crippen molar-refractivity contribution >= 4 is 35.1 Å². The number of nitrogen functional groups attached to an aromatic ring is 1. The Balaban J connectivity index is 0.00000176. The van der Waals surface area contributed by atoms with Gasteiger partial charge in [0.2, 0.25) is 0 Å². The molecule has 0 bridgehead atoms. The first-order valence-corrected chi connectivity index (χ1v) is 6.58. The van der Waals surface area contributed by atoms with E-state index in [9.17, 15) is 4.79 Å². The van der Waals surface area contributed by atoms with Crippen LogP contribution in [-0.4, -0.2) is 22.9 Å². The van der Waals surface area contributed by atoms with Crippen molar-refractivity contribution in [2.75, 3.05) is 12.8 Å². The molecule has 0 radical (unpaired) electrons. The normalized spacial score (nSPS) is 10.2. The highest BCUT2D eigenvalue weighted by Gasteiger charge is 2.11. The van der Waals surface area contributed by atoms with E-state index in [1.54, 1.807) is 4.68 Å². The molecule has 0 amide bonds. The maximum Gasteiger partial charge on any atom is 0.309 e. The third-order valence-electron chi connectivity index (χ3n) is 3.35. The summed E-state index contributed by atoms with van der Waals surface area (Å²) in [5.41, 5.74) is 8.68. The molecule has 0 saturated heterocycles. The Morgan fingerprint density at radius 3 is 2.64 bits per heavy atom. The predicted molar refractivity (Wildman–Crippen MR) is 88.5 cm³/mol. The number of aromatic nitrogens is 2. The molecule has 5 nitrogen and oxygen atoms in total. The van der Waals surface area contributed by atoms with Crippen LogP contribution in [0.25, 0.3) is 16.6 Å². The molecule has 0 aliphatic heterocycles. The molecule has 0 aliphatic rings. The van der Waals surface area contributed by atoms with Gasteiger partial charge in [-0.25, -0.2) is 4.68 Å². The molecule has 2 aromatic carbocycles. The van der Waals surface area contributed by atoms with Gasteiger partial charge in [-0.15, -0.1) is 12.4 Å². The summed E-state index contributed by atoms with van der Waals surface area (Å²) in [4.78, 5) is 11.3. The van der Waals surface area contributed by atoms with Crippen LogP contribution in [0, 0.1) is 0 Å². The van der Waals surface area contributed by atoms with Crippen molar-refractivity contribution in [3.05, 3.63) is 54.1 Å². The Labute approximate surface area is 134 Å². The van der Waals surface area contributed by atoms with Gasteiger partial charge in [0.05, 0.1) is 24.7 Å². The zero-order chi connectivity index (χ0) is 14.8. The van der Waals surface area contributed by atoms with Crippen LogP contribution in [0.2, 0.25) is 0 Å². The number of fused-ring (bicyclic) bond motifs is 1. The molecule has 0 saturated carbocycles. The number of rotatable bonds is 3. The number of carbonyl (C=O) groups is 1. The summed E-state index contributed by atoms with van der Waals surface area (Å²) in [6.45, 7) is 0. The predicted octanol–water partition coefficient (Wildman–Crippen LogP) is 2.75. The van der Waals surface area contributed by atoms with E-state index in [1.807, 2.05) is 48.5 Å². The number of benzene rings is 2. The third-order valence-corrected chi connectivity index (χ3v) is 3.35. The summed E-state index contributed by atoms with van der Waals surface area (Å²) in [6.07, 6.45) is 0.227. The van der Waals surface area contributed by atoms with Gasteiger partial charge in [0, 0.05) is 5.39 Å². The molecule has 1 aromatic heterocycles. The van der Waals surface area contributed by atoms with Crippen molar-refractivity contribution in [1.29, 1.82) is 0 Å². The number of esters is 1. The largest absolute Gasteiger partial charge is 0.469 e.